The topological polar surface area (TPSA) is 64.3 Å². The molecule has 17 heavy (non-hydrogen) atoms. The van der Waals surface area contributed by atoms with E-state index >= 15 is 0 Å². The number of hydrogen-bond donors (Lipinski definition) is 2. The van der Waals surface area contributed by atoms with Crippen LogP contribution < -0.4 is 11.3 Å². The molecule has 0 heterocycles. The van der Waals surface area contributed by atoms with Crippen LogP contribution in [0.2, 0.25) is 0 Å². The molecular weight excluding hydrogens is 216 g/mol. The molecular formula is C13H18N2O2. The van der Waals surface area contributed by atoms with Crippen molar-refractivity contribution in [1.29, 1.82) is 0 Å². The molecule has 0 aliphatic rings. The quantitative estimate of drug-likeness (QED) is 0.325. The van der Waals surface area contributed by atoms with Crippen LogP contribution in [-0.2, 0) is 9.53 Å². The van der Waals surface area contributed by atoms with E-state index in [4.69, 9.17) is 10.6 Å². The van der Waals surface area contributed by atoms with Gasteiger partial charge in [-0.05, 0) is 12.0 Å². The zero-order valence-electron chi connectivity index (χ0n) is 9.76. The van der Waals surface area contributed by atoms with Gasteiger partial charge >= 0.3 is 0 Å². The predicted molar refractivity (Wildman–Crippen MR) is 67.9 cm³/mol. The Labute approximate surface area is 101 Å². The van der Waals surface area contributed by atoms with Crippen LogP contribution in [0.3, 0.4) is 0 Å². The minimum absolute atomic E-state index is 0.159. The summed E-state index contributed by atoms with van der Waals surface area (Å²) in [4.78, 5) is 10.8. The molecule has 0 aromatic heterocycles. The highest BCUT2D eigenvalue weighted by molar-refractivity contribution is 5.75. The Hall–Kier alpha value is -1.65. The highest BCUT2D eigenvalue weighted by Gasteiger charge is 1.96. The van der Waals surface area contributed by atoms with Gasteiger partial charge in [0, 0.05) is 13.0 Å². The van der Waals surface area contributed by atoms with Crippen molar-refractivity contribution < 1.29 is 9.53 Å². The third kappa shape index (κ3) is 6.50. The van der Waals surface area contributed by atoms with Gasteiger partial charge in [0.1, 0.15) is 0 Å². The Morgan fingerprint density at radius 2 is 2.12 bits per heavy atom. The number of ether oxygens (including phenoxy) is 1. The lowest BCUT2D eigenvalue weighted by atomic mass is 10.2. The summed E-state index contributed by atoms with van der Waals surface area (Å²) >= 11 is 0. The van der Waals surface area contributed by atoms with Gasteiger partial charge in [-0.15, -0.1) is 0 Å². The number of carbonyl (C=O) groups is 1. The lowest BCUT2D eigenvalue weighted by Crippen LogP contribution is -2.29. The van der Waals surface area contributed by atoms with Crippen LogP contribution in [0, 0.1) is 0 Å². The fraction of sp³-hybridized carbons (Fsp3) is 0.308. The Kier molecular flexibility index (Phi) is 6.70. The molecule has 1 aromatic carbocycles. The molecule has 92 valence electrons. The van der Waals surface area contributed by atoms with Crippen LogP contribution in [0.25, 0.3) is 6.08 Å². The standard InChI is InChI=1S/C13H18N2O2/c14-15-13(16)9-5-11-17-10-4-8-12-6-2-1-3-7-12/h1-4,6-8H,5,9-11,14H2,(H,15,16). The molecule has 0 spiro atoms. The van der Waals surface area contributed by atoms with Crippen molar-refractivity contribution >= 4 is 12.0 Å². The molecule has 4 heteroatoms. The largest absolute Gasteiger partial charge is 0.377 e. The van der Waals surface area contributed by atoms with Crippen LogP contribution in [-0.4, -0.2) is 19.1 Å². The van der Waals surface area contributed by atoms with Crippen molar-refractivity contribution in [2.75, 3.05) is 13.2 Å². The lowest BCUT2D eigenvalue weighted by Gasteiger charge is -2.00. The maximum atomic E-state index is 10.8. The summed E-state index contributed by atoms with van der Waals surface area (Å²) in [5.41, 5.74) is 3.23. The van der Waals surface area contributed by atoms with Gasteiger partial charge in [0.2, 0.25) is 5.91 Å². The maximum Gasteiger partial charge on any atom is 0.233 e. The van der Waals surface area contributed by atoms with Gasteiger partial charge in [0.15, 0.2) is 0 Å². The van der Waals surface area contributed by atoms with Gasteiger partial charge in [-0.1, -0.05) is 42.5 Å². The Bertz CT molecular complexity index is 350. The summed E-state index contributed by atoms with van der Waals surface area (Å²) in [6.07, 6.45) is 5.05. The van der Waals surface area contributed by atoms with E-state index in [0.717, 1.165) is 5.56 Å². The summed E-state index contributed by atoms with van der Waals surface area (Å²) in [7, 11) is 0. The molecule has 0 bridgehead atoms. The average molecular weight is 234 g/mol. The second-order valence-electron chi connectivity index (χ2n) is 3.56. The van der Waals surface area contributed by atoms with E-state index in [9.17, 15) is 4.79 Å². The van der Waals surface area contributed by atoms with Gasteiger partial charge < -0.3 is 4.74 Å². The van der Waals surface area contributed by atoms with Crippen molar-refractivity contribution in [2.45, 2.75) is 12.8 Å². The number of hydrazine groups is 1. The van der Waals surface area contributed by atoms with Gasteiger partial charge in [0.05, 0.1) is 6.61 Å². The second-order valence-corrected chi connectivity index (χ2v) is 3.56. The smallest absolute Gasteiger partial charge is 0.233 e. The highest BCUT2D eigenvalue weighted by atomic mass is 16.5. The van der Waals surface area contributed by atoms with Crippen molar-refractivity contribution in [2.24, 2.45) is 5.84 Å². The molecule has 0 saturated carbocycles. The van der Waals surface area contributed by atoms with Crippen molar-refractivity contribution in [1.82, 2.24) is 5.43 Å². The molecule has 0 saturated heterocycles. The number of benzene rings is 1. The Balaban J connectivity index is 2.05. The van der Waals surface area contributed by atoms with Gasteiger partial charge in [-0.2, -0.15) is 0 Å². The highest BCUT2D eigenvalue weighted by Crippen LogP contribution is 2.00. The maximum absolute atomic E-state index is 10.8. The second kappa shape index (κ2) is 8.50. The van der Waals surface area contributed by atoms with Crippen molar-refractivity contribution in [3.05, 3.63) is 42.0 Å². The minimum atomic E-state index is -0.159. The first-order valence-corrected chi connectivity index (χ1v) is 5.61. The van der Waals surface area contributed by atoms with Crippen LogP contribution in [0.4, 0.5) is 0 Å². The average Bonchev–Trinajstić information content (AvgIpc) is 2.38. The van der Waals surface area contributed by atoms with Crippen LogP contribution >= 0.6 is 0 Å². The summed E-state index contributed by atoms with van der Waals surface area (Å²) in [6.45, 7) is 1.12. The number of amides is 1. The molecule has 0 aliphatic heterocycles. The lowest BCUT2D eigenvalue weighted by molar-refractivity contribution is -0.121. The van der Waals surface area contributed by atoms with Gasteiger partial charge in [0.25, 0.3) is 0 Å². The van der Waals surface area contributed by atoms with E-state index in [1.54, 1.807) is 0 Å². The molecule has 1 rings (SSSR count). The van der Waals surface area contributed by atoms with E-state index in [1.807, 2.05) is 42.5 Å². The number of hydrogen-bond acceptors (Lipinski definition) is 3. The molecule has 0 unspecified atom stereocenters. The minimum Gasteiger partial charge on any atom is -0.377 e. The molecule has 0 aliphatic carbocycles. The van der Waals surface area contributed by atoms with E-state index < -0.39 is 0 Å². The fourth-order valence-electron chi connectivity index (χ4n) is 1.31. The number of nitrogens with two attached hydrogens (primary N) is 1. The molecule has 1 amide bonds. The van der Waals surface area contributed by atoms with E-state index in [-0.39, 0.29) is 5.91 Å². The zero-order valence-corrected chi connectivity index (χ0v) is 9.76. The molecule has 4 nitrogen and oxygen atoms in total. The van der Waals surface area contributed by atoms with E-state index in [1.165, 1.54) is 0 Å². The number of rotatable bonds is 7. The first-order valence-electron chi connectivity index (χ1n) is 5.61. The monoisotopic (exact) mass is 234 g/mol. The SMILES string of the molecule is NNC(=O)CCCOCC=Cc1ccccc1. The molecule has 0 atom stereocenters. The zero-order chi connectivity index (χ0) is 12.3. The van der Waals surface area contributed by atoms with Gasteiger partial charge in [-0.3, -0.25) is 10.2 Å². The van der Waals surface area contributed by atoms with E-state index in [0.29, 0.717) is 26.1 Å². The predicted octanol–water partition coefficient (Wildman–Crippen LogP) is 1.49. The molecule has 0 fully saturated rings. The van der Waals surface area contributed by atoms with Crippen LogP contribution in [0.1, 0.15) is 18.4 Å². The Morgan fingerprint density at radius 1 is 1.35 bits per heavy atom. The summed E-state index contributed by atoms with van der Waals surface area (Å²) < 4.78 is 5.34. The summed E-state index contributed by atoms with van der Waals surface area (Å²) in [5.74, 6) is 4.79. The number of carbonyl (C=O) groups excluding carboxylic acids is 1. The third-order valence-electron chi connectivity index (χ3n) is 2.18. The number of nitrogens with one attached hydrogen (secondary N) is 1. The van der Waals surface area contributed by atoms with E-state index in [2.05, 4.69) is 5.43 Å². The van der Waals surface area contributed by atoms with Gasteiger partial charge in [-0.25, -0.2) is 5.84 Å². The molecule has 3 N–H and O–H groups in total. The van der Waals surface area contributed by atoms with Crippen molar-refractivity contribution in [3.8, 4) is 0 Å². The third-order valence-corrected chi connectivity index (χ3v) is 2.18. The molecule has 0 radical (unpaired) electrons. The normalized spacial score (nSPS) is 10.6. The molecule has 1 aromatic rings. The fourth-order valence-corrected chi connectivity index (χ4v) is 1.31. The first-order chi connectivity index (χ1) is 8.33. The Morgan fingerprint density at radius 3 is 2.82 bits per heavy atom. The van der Waals surface area contributed by atoms with Crippen LogP contribution in [0.5, 0.6) is 0 Å². The van der Waals surface area contributed by atoms with Crippen LogP contribution in [0.15, 0.2) is 36.4 Å². The summed E-state index contributed by atoms with van der Waals surface area (Å²) in [5, 5.41) is 0. The van der Waals surface area contributed by atoms with Crippen molar-refractivity contribution in [3.63, 3.8) is 0 Å². The first kappa shape index (κ1) is 13.4. The summed E-state index contributed by atoms with van der Waals surface area (Å²) in [6, 6.07) is 10.0.